The number of hydrogen-bond acceptors (Lipinski definition) is 1. The molecule has 2 heteroatoms. The van der Waals surface area contributed by atoms with Crippen LogP contribution < -0.4 is 0 Å². The first-order valence-electron chi connectivity index (χ1n) is 4.39. The van der Waals surface area contributed by atoms with E-state index in [0.717, 1.165) is 15.8 Å². The van der Waals surface area contributed by atoms with Crippen LogP contribution in [0.25, 0.3) is 0 Å². The predicted octanol–water partition coefficient (Wildman–Crippen LogP) is 2.63. The van der Waals surface area contributed by atoms with Gasteiger partial charge in [-0.3, -0.25) is 0 Å². The highest BCUT2D eigenvalue weighted by molar-refractivity contribution is 14.1. The Morgan fingerprint density at radius 2 is 1.91 bits per heavy atom. The summed E-state index contributed by atoms with van der Waals surface area (Å²) in [7, 11) is 1.87. The lowest BCUT2D eigenvalue weighted by atomic mass is 9.54. The van der Waals surface area contributed by atoms with Gasteiger partial charge in [0.1, 0.15) is 0 Å². The third-order valence-corrected chi connectivity index (χ3v) is 5.45. The number of halogens is 1. The maximum atomic E-state index is 5.61. The molecule has 1 nitrogen and oxygen atoms in total. The van der Waals surface area contributed by atoms with Crippen molar-refractivity contribution in [2.75, 3.05) is 7.11 Å². The molecule has 0 aromatic heterocycles. The van der Waals surface area contributed by atoms with Crippen LogP contribution in [-0.2, 0) is 4.74 Å². The van der Waals surface area contributed by atoms with E-state index in [1.807, 2.05) is 7.11 Å². The summed E-state index contributed by atoms with van der Waals surface area (Å²) in [6.45, 7) is 2.29. The van der Waals surface area contributed by atoms with Crippen molar-refractivity contribution in [2.45, 2.75) is 35.7 Å². The minimum absolute atomic E-state index is 0.240. The summed E-state index contributed by atoms with van der Waals surface area (Å²) in [6.07, 6.45) is 4.19. The molecule has 0 aromatic rings. The van der Waals surface area contributed by atoms with Crippen LogP contribution >= 0.6 is 22.6 Å². The monoisotopic (exact) mass is 266 g/mol. The summed E-state index contributed by atoms with van der Waals surface area (Å²) in [5.41, 5.74) is 0.240. The van der Waals surface area contributed by atoms with Crippen molar-refractivity contribution in [3.05, 3.63) is 0 Å². The van der Waals surface area contributed by atoms with Crippen molar-refractivity contribution < 1.29 is 4.74 Å². The van der Waals surface area contributed by atoms with Crippen molar-refractivity contribution >= 4 is 22.6 Å². The average Bonchev–Trinajstić information content (AvgIpc) is 2.06. The van der Waals surface area contributed by atoms with E-state index >= 15 is 0 Å². The van der Waals surface area contributed by atoms with Crippen molar-refractivity contribution in [3.8, 4) is 0 Å². The highest BCUT2D eigenvalue weighted by atomic mass is 127. The zero-order valence-electron chi connectivity index (χ0n) is 7.14. The summed E-state index contributed by atoms with van der Waals surface area (Å²) in [6, 6.07) is 0. The lowest BCUT2D eigenvalue weighted by molar-refractivity contribution is -0.174. The molecule has 0 saturated heterocycles. The Kier molecular flexibility index (Phi) is 1.95. The van der Waals surface area contributed by atoms with Gasteiger partial charge in [-0.05, 0) is 19.8 Å². The maximum Gasteiger partial charge on any atom is 0.0727 e. The molecule has 3 saturated carbocycles. The fourth-order valence-electron chi connectivity index (χ4n) is 2.82. The number of alkyl halides is 1. The van der Waals surface area contributed by atoms with Crippen LogP contribution in [0.1, 0.15) is 26.2 Å². The summed E-state index contributed by atoms with van der Waals surface area (Å²) >= 11 is 2.60. The van der Waals surface area contributed by atoms with Gasteiger partial charge < -0.3 is 4.74 Å². The predicted molar refractivity (Wildman–Crippen MR) is 54.1 cm³/mol. The molecular formula is C9H15IO. The molecule has 0 aliphatic heterocycles. The highest BCUT2D eigenvalue weighted by Gasteiger charge is 2.59. The molecule has 4 atom stereocenters. The Balaban J connectivity index is 2.16. The van der Waals surface area contributed by atoms with Crippen molar-refractivity contribution in [3.63, 3.8) is 0 Å². The van der Waals surface area contributed by atoms with E-state index < -0.39 is 0 Å². The molecule has 0 spiro atoms. The quantitative estimate of drug-likeness (QED) is 0.523. The van der Waals surface area contributed by atoms with Gasteiger partial charge in [-0.25, -0.2) is 0 Å². The van der Waals surface area contributed by atoms with Crippen LogP contribution in [0.3, 0.4) is 0 Å². The maximum absolute atomic E-state index is 5.61. The van der Waals surface area contributed by atoms with E-state index in [2.05, 4.69) is 29.5 Å². The minimum Gasteiger partial charge on any atom is -0.378 e. The Labute approximate surface area is 82.0 Å². The molecule has 3 aliphatic rings. The second kappa shape index (κ2) is 2.59. The van der Waals surface area contributed by atoms with Gasteiger partial charge in [0.2, 0.25) is 0 Å². The molecule has 3 aliphatic carbocycles. The van der Waals surface area contributed by atoms with Gasteiger partial charge in [-0.1, -0.05) is 29.0 Å². The zero-order chi connectivity index (χ0) is 8.06. The molecule has 0 heterocycles. The van der Waals surface area contributed by atoms with Gasteiger partial charge >= 0.3 is 0 Å². The van der Waals surface area contributed by atoms with Crippen molar-refractivity contribution in [2.24, 2.45) is 11.8 Å². The summed E-state index contributed by atoms with van der Waals surface area (Å²) in [5.74, 6) is 1.68. The molecule has 64 valence electrons. The number of fused-ring (bicyclic) bond motifs is 2. The van der Waals surface area contributed by atoms with Crippen molar-refractivity contribution in [1.29, 1.82) is 0 Å². The largest absolute Gasteiger partial charge is 0.378 e. The van der Waals surface area contributed by atoms with E-state index in [4.69, 9.17) is 4.74 Å². The Hall–Kier alpha value is 0.690. The Morgan fingerprint density at radius 1 is 1.36 bits per heavy atom. The Morgan fingerprint density at radius 3 is 2.18 bits per heavy atom. The minimum atomic E-state index is 0.240. The van der Waals surface area contributed by atoms with E-state index in [1.54, 1.807) is 0 Å². The average molecular weight is 266 g/mol. The molecule has 2 unspecified atom stereocenters. The molecule has 3 rings (SSSR count). The van der Waals surface area contributed by atoms with Gasteiger partial charge in [-0.15, -0.1) is 0 Å². The highest BCUT2D eigenvalue weighted by Crippen LogP contribution is 2.58. The first-order valence-corrected chi connectivity index (χ1v) is 5.64. The van der Waals surface area contributed by atoms with Crippen LogP contribution in [0.15, 0.2) is 0 Å². The third-order valence-electron chi connectivity index (χ3n) is 3.71. The fraction of sp³-hybridized carbons (Fsp3) is 1.00. The number of ether oxygens (including phenoxy) is 1. The summed E-state index contributed by atoms with van der Waals surface area (Å²) < 4.78 is 6.50. The van der Waals surface area contributed by atoms with Crippen molar-refractivity contribution in [1.82, 2.24) is 0 Å². The molecule has 0 radical (unpaired) electrons. The number of methoxy groups -OCH3 is 1. The van der Waals surface area contributed by atoms with Gasteiger partial charge in [0.25, 0.3) is 0 Å². The van der Waals surface area contributed by atoms with Crippen LogP contribution in [0.4, 0.5) is 0 Å². The smallest absolute Gasteiger partial charge is 0.0727 e. The fourth-order valence-corrected chi connectivity index (χ4v) is 4.97. The normalized spacial score (nSPS) is 55.4. The molecular weight excluding hydrogens is 251 g/mol. The molecule has 2 bridgehead atoms. The molecule has 0 amide bonds. The summed E-state index contributed by atoms with van der Waals surface area (Å²) in [5, 5.41) is 0. The molecule has 0 aromatic carbocycles. The molecule has 3 fully saturated rings. The van der Waals surface area contributed by atoms with Gasteiger partial charge in [-0.2, -0.15) is 0 Å². The first-order chi connectivity index (χ1) is 5.20. The first kappa shape index (κ1) is 8.30. The Bertz CT molecular complexity index is 157. The SMILES string of the molecule is COC1(C)[C@@H]2CCC[C@H]1C2I. The lowest BCUT2D eigenvalue weighted by Gasteiger charge is -2.60. The standard InChI is InChI=1S/C9H15IO/c1-9(11-2)6-4-3-5-7(9)8(6)10/h6-8H,3-5H2,1-2H3/t6-,7+,8?,9?. The second-order valence-corrected chi connectivity index (χ2v) is 5.41. The van der Waals surface area contributed by atoms with E-state index in [1.165, 1.54) is 19.3 Å². The van der Waals surface area contributed by atoms with Gasteiger partial charge in [0.15, 0.2) is 0 Å². The molecule has 11 heavy (non-hydrogen) atoms. The molecule has 0 N–H and O–H groups in total. The lowest BCUT2D eigenvalue weighted by Crippen LogP contribution is -2.64. The zero-order valence-corrected chi connectivity index (χ0v) is 9.30. The van der Waals surface area contributed by atoms with E-state index in [9.17, 15) is 0 Å². The van der Waals surface area contributed by atoms with E-state index in [0.29, 0.717) is 0 Å². The van der Waals surface area contributed by atoms with Crippen LogP contribution in [0.5, 0.6) is 0 Å². The summed E-state index contributed by atoms with van der Waals surface area (Å²) in [4.78, 5) is 0. The second-order valence-electron chi connectivity index (χ2n) is 3.98. The van der Waals surface area contributed by atoms with Crippen LogP contribution in [-0.4, -0.2) is 16.6 Å². The van der Waals surface area contributed by atoms with E-state index in [-0.39, 0.29) is 5.60 Å². The van der Waals surface area contributed by atoms with Crippen LogP contribution in [0.2, 0.25) is 0 Å². The topological polar surface area (TPSA) is 9.23 Å². The number of hydrogen-bond donors (Lipinski definition) is 0. The van der Waals surface area contributed by atoms with Gasteiger partial charge in [0, 0.05) is 22.9 Å². The third kappa shape index (κ3) is 0.916. The van der Waals surface area contributed by atoms with Gasteiger partial charge in [0.05, 0.1) is 5.60 Å². The number of rotatable bonds is 1. The van der Waals surface area contributed by atoms with Crippen LogP contribution in [0, 0.1) is 11.8 Å².